The molecule has 0 heterocycles. The summed E-state index contributed by atoms with van der Waals surface area (Å²) in [4.78, 5) is 12.3. The second-order valence-electron chi connectivity index (χ2n) is 5.50. The minimum absolute atomic E-state index is 0.0684. The average molecular weight is 226 g/mol. The maximum absolute atomic E-state index is 12.3. The van der Waals surface area contributed by atoms with E-state index in [0.717, 1.165) is 38.5 Å². The molecule has 1 aliphatic rings. The molecule has 1 aliphatic carbocycles. The van der Waals surface area contributed by atoms with Crippen molar-refractivity contribution in [1.82, 2.24) is 5.32 Å². The van der Waals surface area contributed by atoms with E-state index in [1.54, 1.807) is 0 Å². The maximum Gasteiger partial charge on any atom is 0.227 e. The maximum atomic E-state index is 12.3. The van der Waals surface area contributed by atoms with Crippen LogP contribution in [0.25, 0.3) is 0 Å². The predicted molar refractivity (Wildman–Crippen MR) is 67.1 cm³/mol. The third kappa shape index (κ3) is 2.97. The number of carbonyl (C=O) groups excluding carboxylic acids is 1. The van der Waals surface area contributed by atoms with E-state index in [9.17, 15) is 4.79 Å². The fraction of sp³-hybridized carbons (Fsp3) is 0.923. The van der Waals surface area contributed by atoms with Crippen molar-refractivity contribution in [3.63, 3.8) is 0 Å². The summed E-state index contributed by atoms with van der Waals surface area (Å²) >= 11 is 0. The highest BCUT2D eigenvalue weighted by Gasteiger charge is 2.44. The van der Waals surface area contributed by atoms with E-state index in [-0.39, 0.29) is 16.9 Å². The second-order valence-corrected chi connectivity index (χ2v) is 5.50. The van der Waals surface area contributed by atoms with Gasteiger partial charge >= 0.3 is 0 Å². The predicted octanol–water partition coefficient (Wildman–Crippen LogP) is 2.20. The first kappa shape index (κ1) is 13.5. The normalized spacial score (nSPS) is 18.2. The molecule has 0 aromatic rings. The summed E-state index contributed by atoms with van der Waals surface area (Å²) < 4.78 is 0. The van der Waals surface area contributed by atoms with Crippen molar-refractivity contribution < 1.29 is 4.79 Å². The van der Waals surface area contributed by atoms with Crippen LogP contribution in [0.15, 0.2) is 0 Å². The molecule has 16 heavy (non-hydrogen) atoms. The first-order valence-corrected chi connectivity index (χ1v) is 6.54. The lowest BCUT2D eigenvalue weighted by atomic mass is 9.78. The van der Waals surface area contributed by atoms with E-state index in [1.807, 2.05) is 0 Å². The lowest BCUT2D eigenvalue weighted by Gasteiger charge is -2.32. The summed E-state index contributed by atoms with van der Waals surface area (Å²) in [6, 6.07) is 0. The van der Waals surface area contributed by atoms with Crippen molar-refractivity contribution in [2.24, 2.45) is 11.1 Å². The molecule has 0 radical (unpaired) electrons. The molecule has 1 amide bonds. The fourth-order valence-electron chi connectivity index (χ4n) is 2.33. The molecule has 0 bridgehead atoms. The van der Waals surface area contributed by atoms with Crippen molar-refractivity contribution in [1.29, 1.82) is 0 Å². The Kier molecular flexibility index (Phi) is 4.36. The van der Waals surface area contributed by atoms with Gasteiger partial charge in [0.2, 0.25) is 5.91 Å². The molecule has 3 heteroatoms. The molecular formula is C13H26N2O. The van der Waals surface area contributed by atoms with E-state index in [0.29, 0.717) is 6.54 Å². The van der Waals surface area contributed by atoms with Gasteiger partial charge in [-0.1, -0.05) is 26.7 Å². The third-order valence-corrected chi connectivity index (χ3v) is 3.74. The van der Waals surface area contributed by atoms with Gasteiger partial charge < -0.3 is 11.1 Å². The van der Waals surface area contributed by atoms with Crippen molar-refractivity contribution in [3.05, 3.63) is 0 Å². The second kappa shape index (κ2) is 5.17. The summed E-state index contributed by atoms with van der Waals surface area (Å²) in [5.41, 5.74) is 5.60. The molecule has 0 spiro atoms. The van der Waals surface area contributed by atoms with Crippen LogP contribution < -0.4 is 11.1 Å². The van der Waals surface area contributed by atoms with Crippen LogP contribution in [0.3, 0.4) is 0 Å². The van der Waals surface area contributed by atoms with Crippen LogP contribution >= 0.6 is 0 Å². The Morgan fingerprint density at radius 2 is 1.81 bits per heavy atom. The van der Waals surface area contributed by atoms with Gasteiger partial charge in [0.05, 0.1) is 5.41 Å². The van der Waals surface area contributed by atoms with Gasteiger partial charge in [-0.25, -0.2) is 0 Å². The van der Waals surface area contributed by atoms with E-state index in [4.69, 9.17) is 5.73 Å². The highest BCUT2D eigenvalue weighted by molar-refractivity contribution is 5.83. The van der Waals surface area contributed by atoms with Gasteiger partial charge in [0.1, 0.15) is 0 Å². The zero-order chi connectivity index (χ0) is 12.2. The molecular weight excluding hydrogens is 200 g/mol. The van der Waals surface area contributed by atoms with Crippen LogP contribution in [0.4, 0.5) is 0 Å². The zero-order valence-corrected chi connectivity index (χ0v) is 10.9. The largest absolute Gasteiger partial charge is 0.350 e. The first-order valence-electron chi connectivity index (χ1n) is 6.54. The molecule has 1 rings (SSSR count). The number of nitrogens with two attached hydrogens (primary N) is 1. The van der Waals surface area contributed by atoms with E-state index in [1.165, 1.54) is 0 Å². The number of hydrogen-bond donors (Lipinski definition) is 2. The standard InChI is InChI=1S/C13H26N2O/c1-4-6-13(10-14,7-5-2)11(16)15-12(3)8-9-12/h4-10,14H2,1-3H3,(H,15,16). The molecule has 94 valence electrons. The van der Waals surface area contributed by atoms with Crippen LogP contribution in [-0.2, 0) is 4.79 Å². The lowest BCUT2D eigenvalue weighted by molar-refractivity contribution is -0.132. The van der Waals surface area contributed by atoms with Gasteiger partial charge in [0.25, 0.3) is 0 Å². The summed E-state index contributed by atoms with van der Waals surface area (Å²) in [5, 5.41) is 3.17. The minimum atomic E-state index is -0.324. The Balaban J connectivity index is 2.68. The Morgan fingerprint density at radius 3 is 2.12 bits per heavy atom. The van der Waals surface area contributed by atoms with Crippen molar-refractivity contribution >= 4 is 5.91 Å². The summed E-state index contributed by atoms with van der Waals surface area (Å²) in [5.74, 6) is 0.179. The molecule has 1 saturated carbocycles. The molecule has 3 N–H and O–H groups in total. The van der Waals surface area contributed by atoms with Gasteiger partial charge in [-0.15, -0.1) is 0 Å². The molecule has 0 aromatic carbocycles. The van der Waals surface area contributed by atoms with Gasteiger partial charge in [0.15, 0.2) is 0 Å². The van der Waals surface area contributed by atoms with Crippen molar-refractivity contribution in [2.45, 2.75) is 64.8 Å². The van der Waals surface area contributed by atoms with Gasteiger partial charge in [-0.3, -0.25) is 4.79 Å². The topological polar surface area (TPSA) is 55.1 Å². The molecule has 0 aliphatic heterocycles. The number of hydrogen-bond acceptors (Lipinski definition) is 2. The van der Waals surface area contributed by atoms with Crippen molar-refractivity contribution in [2.75, 3.05) is 6.54 Å². The Hall–Kier alpha value is -0.570. The highest BCUT2D eigenvalue weighted by Crippen LogP contribution is 2.37. The summed E-state index contributed by atoms with van der Waals surface area (Å²) in [7, 11) is 0. The molecule has 0 aromatic heterocycles. The van der Waals surface area contributed by atoms with E-state index >= 15 is 0 Å². The Bertz CT molecular complexity index is 240. The Labute approximate surface area is 99.2 Å². The van der Waals surface area contributed by atoms with Gasteiger partial charge in [-0.05, 0) is 32.6 Å². The SMILES string of the molecule is CCCC(CN)(CCC)C(=O)NC1(C)CC1. The molecule has 1 fully saturated rings. The smallest absolute Gasteiger partial charge is 0.227 e. The quantitative estimate of drug-likeness (QED) is 0.699. The van der Waals surface area contributed by atoms with Crippen LogP contribution in [0, 0.1) is 5.41 Å². The first-order chi connectivity index (χ1) is 7.52. The van der Waals surface area contributed by atoms with Crippen LogP contribution in [0.5, 0.6) is 0 Å². The molecule has 3 nitrogen and oxygen atoms in total. The lowest BCUT2D eigenvalue weighted by Crippen LogP contribution is -2.49. The van der Waals surface area contributed by atoms with Crippen LogP contribution in [-0.4, -0.2) is 18.0 Å². The number of amides is 1. The third-order valence-electron chi connectivity index (χ3n) is 3.74. The van der Waals surface area contributed by atoms with E-state index < -0.39 is 0 Å². The Morgan fingerprint density at radius 1 is 1.31 bits per heavy atom. The van der Waals surface area contributed by atoms with Gasteiger partial charge in [0, 0.05) is 12.1 Å². The number of rotatable bonds is 7. The molecule has 0 saturated heterocycles. The zero-order valence-electron chi connectivity index (χ0n) is 10.9. The van der Waals surface area contributed by atoms with Crippen LogP contribution in [0.2, 0.25) is 0 Å². The monoisotopic (exact) mass is 226 g/mol. The minimum Gasteiger partial charge on any atom is -0.350 e. The molecule has 0 unspecified atom stereocenters. The van der Waals surface area contributed by atoms with Gasteiger partial charge in [-0.2, -0.15) is 0 Å². The average Bonchev–Trinajstić information content (AvgIpc) is 2.95. The molecule has 0 atom stereocenters. The highest BCUT2D eigenvalue weighted by atomic mass is 16.2. The summed E-state index contributed by atoms with van der Waals surface area (Å²) in [6.45, 7) is 6.82. The van der Waals surface area contributed by atoms with Crippen molar-refractivity contribution in [3.8, 4) is 0 Å². The van der Waals surface area contributed by atoms with E-state index in [2.05, 4.69) is 26.1 Å². The number of nitrogens with one attached hydrogen (secondary N) is 1. The fourth-order valence-corrected chi connectivity index (χ4v) is 2.33. The number of carbonyl (C=O) groups is 1. The summed E-state index contributed by atoms with van der Waals surface area (Å²) in [6.07, 6.45) is 6.05. The van der Waals surface area contributed by atoms with Crippen LogP contribution in [0.1, 0.15) is 59.3 Å².